The largest absolute Gasteiger partial charge is 0.361 e. The predicted octanol–water partition coefficient (Wildman–Crippen LogP) is 4.42. The highest BCUT2D eigenvalue weighted by molar-refractivity contribution is 6.31. The van der Waals surface area contributed by atoms with E-state index in [1.54, 1.807) is 0 Å². The average molecular weight is 285 g/mol. The van der Waals surface area contributed by atoms with Gasteiger partial charge in [0.2, 0.25) is 0 Å². The van der Waals surface area contributed by atoms with Gasteiger partial charge in [-0.05, 0) is 30.2 Å². The fraction of sp³-hybridized carbons (Fsp3) is 0.176. The monoisotopic (exact) mass is 284 g/mol. The summed E-state index contributed by atoms with van der Waals surface area (Å²) in [5.74, 6) is 0. The molecule has 102 valence electrons. The molecule has 0 unspecified atom stereocenters. The molecule has 0 saturated heterocycles. The zero-order valence-electron chi connectivity index (χ0n) is 11.4. The number of hydrogen-bond donors (Lipinski definition) is 2. The minimum atomic E-state index is 0.763. The van der Waals surface area contributed by atoms with Crippen LogP contribution in [0.4, 0.5) is 0 Å². The van der Waals surface area contributed by atoms with E-state index in [9.17, 15) is 0 Å². The lowest BCUT2D eigenvalue weighted by Gasteiger charge is -2.05. The van der Waals surface area contributed by atoms with Gasteiger partial charge < -0.3 is 10.3 Å². The summed E-state index contributed by atoms with van der Waals surface area (Å²) >= 11 is 5.99. The Morgan fingerprint density at radius 1 is 1.05 bits per heavy atom. The topological polar surface area (TPSA) is 27.8 Å². The standard InChI is InChI=1S/C17H17ClN2/c1-12-2-4-13(5-3-12)9-19-10-14-11-20-17-8-15(18)6-7-16(14)17/h2-8,11,19-20H,9-10H2,1H3. The van der Waals surface area contributed by atoms with Crippen LogP contribution in [0.25, 0.3) is 10.9 Å². The van der Waals surface area contributed by atoms with Crippen molar-refractivity contribution in [3.05, 3.63) is 70.4 Å². The van der Waals surface area contributed by atoms with E-state index in [-0.39, 0.29) is 0 Å². The Kier molecular flexibility index (Phi) is 3.77. The molecule has 0 atom stereocenters. The van der Waals surface area contributed by atoms with Crippen molar-refractivity contribution >= 4 is 22.5 Å². The Morgan fingerprint density at radius 2 is 1.85 bits per heavy atom. The molecule has 0 saturated carbocycles. The van der Waals surface area contributed by atoms with Gasteiger partial charge in [-0.25, -0.2) is 0 Å². The Hall–Kier alpha value is -1.77. The number of aromatic amines is 1. The summed E-state index contributed by atoms with van der Waals surface area (Å²) in [6, 6.07) is 14.6. The number of rotatable bonds is 4. The van der Waals surface area contributed by atoms with Gasteiger partial charge in [-0.1, -0.05) is 47.5 Å². The molecule has 20 heavy (non-hydrogen) atoms. The first-order valence-electron chi connectivity index (χ1n) is 6.74. The number of halogens is 1. The van der Waals surface area contributed by atoms with Crippen LogP contribution in [0.5, 0.6) is 0 Å². The van der Waals surface area contributed by atoms with E-state index in [2.05, 4.69) is 47.6 Å². The van der Waals surface area contributed by atoms with Crippen molar-refractivity contribution in [2.24, 2.45) is 0 Å². The van der Waals surface area contributed by atoms with Gasteiger partial charge in [-0.2, -0.15) is 0 Å². The highest BCUT2D eigenvalue weighted by Crippen LogP contribution is 2.21. The lowest BCUT2D eigenvalue weighted by atomic mass is 10.1. The van der Waals surface area contributed by atoms with Crippen LogP contribution in [-0.4, -0.2) is 4.98 Å². The molecule has 0 aliphatic rings. The second kappa shape index (κ2) is 5.70. The normalized spacial score (nSPS) is 11.1. The second-order valence-electron chi connectivity index (χ2n) is 5.09. The summed E-state index contributed by atoms with van der Waals surface area (Å²) in [5, 5.41) is 5.47. The van der Waals surface area contributed by atoms with E-state index in [0.29, 0.717) is 0 Å². The molecule has 3 heteroatoms. The van der Waals surface area contributed by atoms with Gasteiger partial charge in [-0.15, -0.1) is 0 Å². The summed E-state index contributed by atoms with van der Waals surface area (Å²) in [6.07, 6.45) is 2.04. The maximum atomic E-state index is 5.99. The van der Waals surface area contributed by atoms with Crippen molar-refractivity contribution < 1.29 is 0 Å². The van der Waals surface area contributed by atoms with E-state index >= 15 is 0 Å². The smallest absolute Gasteiger partial charge is 0.0472 e. The van der Waals surface area contributed by atoms with Crippen LogP contribution in [0.1, 0.15) is 16.7 Å². The molecule has 2 aromatic carbocycles. The van der Waals surface area contributed by atoms with Crippen molar-refractivity contribution in [2.75, 3.05) is 0 Å². The quantitative estimate of drug-likeness (QED) is 0.729. The lowest BCUT2D eigenvalue weighted by molar-refractivity contribution is 0.696. The van der Waals surface area contributed by atoms with Crippen LogP contribution in [0.2, 0.25) is 5.02 Å². The number of benzene rings is 2. The highest BCUT2D eigenvalue weighted by atomic mass is 35.5. The molecular formula is C17H17ClN2. The number of H-pyrrole nitrogens is 1. The molecular weight excluding hydrogens is 268 g/mol. The molecule has 0 fully saturated rings. The van der Waals surface area contributed by atoms with Crippen molar-refractivity contribution in [1.82, 2.24) is 10.3 Å². The fourth-order valence-electron chi connectivity index (χ4n) is 2.35. The van der Waals surface area contributed by atoms with Crippen molar-refractivity contribution in [2.45, 2.75) is 20.0 Å². The number of fused-ring (bicyclic) bond motifs is 1. The third kappa shape index (κ3) is 2.87. The van der Waals surface area contributed by atoms with Crippen LogP contribution in [-0.2, 0) is 13.1 Å². The van der Waals surface area contributed by atoms with Gasteiger partial charge in [0, 0.05) is 35.2 Å². The molecule has 0 amide bonds. The first-order chi connectivity index (χ1) is 9.72. The Labute approximate surface area is 123 Å². The number of aromatic nitrogens is 1. The van der Waals surface area contributed by atoms with E-state index in [0.717, 1.165) is 23.6 Å². The van der Waals surface area contributed by atoms with Gasteiger partial charge in [-0.3, -0.25) is 0 Å². The Balaban J connectivity index is 1.66. The van der Waals surface area contributed by atoms with Crippen LogP contribution in [0.15, 0.2) is 48.7 Å². The first kappa shape index (κ1) is 13.2. The van der Waals surface area contributed by atoms with Gasteiger partial charge in [0.15, 0.2) is 0 Å². The third-order valence-electron chi connectivity index (χ3n) is 3.49. The fourth-order valence-corrected chi connectivity index (χ4v) is 2.52. The second-order valence-corrected chi connectivity index (χ2v) is 5.53. The molecule has 0 aliphatic heterocycles. The minimum absolute atomic E-state index is 0.763. The van der Waals surface area contributed by atoms with Crippen LogP contribution < -0.4 is 5.32 Å². The third-order valence-corrected chi connectivity index (χ3v) is 3.73. The maximum Gasteiger partial charge on any atom is 0.0472 e. The van der Waals surface area contributed by atoms with E-state index in [1.165, 1.54) is 22.1 Å². The minimum Gasteiger partial charge on any atom is -0.361 e. The maximum absolute atomic E-state index is 5.99. The number of nitrogens with one attached hydrogen (secondary N) is 2. The van der Waals surface area contributed by atoms with Crippen molar-refractivity contribution in [3.8, 4) is 0 Å². The van der Waals surface area contributed by atoms with Gasteiger partial charge in [0.1, 0.15) is 0 Å². The molecule has 1 aromatic heterocycles. The Bertz CT molecular complexity index is 713. The van der Waals surface area contributed by atoms with Crippen LogP contribution in [0, 0.1) is 6.92 Å². The molecule has 3 rings (SSSR count). The summed E-state index contributed by atoms with van der Waals surface area (Å²) in [5.41, 5.74) is 4.95. The van der Waals surface area contributed by atoms with E-state index in [1.807, 2.05) is 18.3 Å². The van der Waals surface area contributed by atoms with Crippen molar-refractivity contribution in [3.63, 3.8) is 0 Å². The predicted molar refractivity (Wildman–Crippen MR) is 85.0 cm³/mol. The highest BCUT2D eigenvalue weighted by Gasteiger charge is 2.03. The van der Waals surface area contributed by atoms with Gasteiger partial charge in [0.05, 0.1) is 0 Å². The number of aryl methyl sites for hydroxylation is 1. The SMILES string of the molecule is Cc1ccc(CNCc2c[nH]c3cc(Cl)ccc23)cc1. The summed E-state index contributed by atoms with van der Waals surface area (Å²) in [7, 11) is 0. The lowest BCUT2D eigenvalue weighted by Crippen LogP contribution is -2.12. The molecule has 2 N–H and O–H groups in total. The van der Waals surface area contributed by atoms with E-state index in [4.69, 9.17) is 11.6 Å². The van der Waals surface area contributed by atoms with E-state index < -0.39 is 0 Å². The van der Waals surface area contributed by atoms with Crippen LogP contribution in [0.3, 0.4) is 0 Å². The molecule has 0 aliphatic carbocycles. The molecule has 2 nitrogen and oxygen atoms in total. The Morgan fingerprint density at radius 3 is 2.65 bits per heavy atom. The number of hydrogen-bond acceptors (Lipinski definition) is 1. The molecule has 0 spiro atoms. The summed E-state index contributed by atoms with van der Waals surface area (Å²) in [6.45, 7) is 3.82. The molecule has 0 radical (unpaired) electrons. The van der Waals surface area contributed by atoms with Gasteiger partial charge in [0.25, 0.3) is 0 Å². The van der Waals surface area contributed by atoms with Crippen LogP contribution >= 0.6 is 11.6 Å². The molecule has 0 bridgehead atoms. The summed E-state index contributed by atoms with van der Waals surface area (Å²) < 4.78 is 0. The van der Waals surface area contributed by atoms with Crippen molar-refractivity contribution in [1.29, 1.82) is 0 Å². The zero-order chi connectivity index (χ0) is 13.9. The first-order valence-corrected chi connectivity index (χ1v) is 7.12. The molecule has 1 heterocycles. The van der Waals surface area contributed by atoms with Gasteiger partial charge >= 0.3 is 0 Å². The summed E-state index contributed by atoms with van der Waals surface area (Å²) in [4.78, 5) is 3.26. The molecule has 3 aromatic rings. The average Bonchev–Trinajstić information content (AvgIpc) is 2.83. The zero-order valence-corrected chi connectivity index (χ0v) is 12.2.